The lowest BCUT2D eigenvalue weighted by Gasteiger charge is -2.13. The molecule has 0 aliphatic carbocycles. The molecule has 270 valence electrons. The molecule has 12 aromatic rings. The Bertz CT molecular complexity index is 3550. The summed E-state index contributed by atoms with van der Waals surface area (Å²) in [7, 11) is 0. The third-order valence-electron chi connectivity index (χ3n) is 11.4. The van der Waals surface area contributed by atoms with Gasteiger partial charge in [0.15, 0.2) is 17.5 Å². The fourth-order valence-corrected chi connectivity index (χ4v) is 8.65. The van der Waals surface area contributed by atoms with E-state index >= 15 is 0 Å². The van der Waals surface area contributed by atoms with Crippen molar-refractivity contribution in [1.82, 2.24) is 19.5 Å². The molecular formula is C53H32N4O. The molecule has 5 nitrogen and oxygen atoms in total. The minimum absolute atomic E-state index is 0.585. The van der Waals surface area contributed by atoms with Crippen LogP contribution in [0.25, 0.3) is 116 Å². The van der Waals surface area contributed by atoms with Gasteiger partial charge in [-0.3, -0.25) is 0 Å². The molecule has 0 spiro atoms. The van der Waals surface area contributed by atoms with Crippen molar-refractivity contribution in [2.75, 3.05) is 0 Å². The van der Waals surface area contributed by atoms with Crippen LogP contribution in [0.2, 0.25) is 0 Å². The van der Waals surface area contributed by atoms with Gasteiger partial charge in [-0.05, 0) is 57.6 Å². The molecule has 58 heavy (non-hydrogen) atoms. The topological polar surface area (TPSA) is 56.7 Å². The normalized spacial score (nSPS) is 11.8. The van der Waals surface area contributed by atoms with Crippen LogP contribution in [0.15, 0.2) is 199 Å². The summed E-state index contributed by atoms with van der Waals surface area (Å²) in [5.41, 5.74) is 10.0. The molecule has 3 heterocycles. The second-order valence-electron chi connectivity index (χ2n) is 14.8. The summed E-state index contributed by atoms with van der Waals surface area (Å²) in [6.45, 7) is 0. The van der Waals surface area contributed by atoms with Crippen molar-refractivity contribution in [1.29, 1.82) is 0 Å². The number of furan rings is 1. The Morgan fingerprint density at radius 1 is 0.328 bits per heavy atom. The first-order chi connectivity index (χ1) is 28.7. The summed E-state index contributed by atoms with van der Waals surface area (Å²) < 4.78 is 9.26. The van der Waals surface area contributed by atoms with Crippen LogP contribution in [0.5, 0.6) is 0 Å². The highest BCUT2D eigenvalue weighted by molar-refractivity contribution is 6.22. The maximum absolute atomic E-state index is 6.86. The van der Waals surface area contributed by atoms with Gasteiger partial charge in [0, 0.05) is 49.7 Å². The number of aromatic nitrogens is 4. The van der Waals surface area contributed by atoms with Gasteiger partial charge in [0.25, 0.3) is 0 Å². The molecule has 3 aromatic heterocycles. The number of nitrogens with zero attached hydrogens (tertiary/aromatic N) is 4. The van der Waals surface area contributed by atoms with E-state index in [1.165, 1.54) is 21.5 Å². The maximum atomic E-state index is 6.86. The smallest absolute Gasteiger partial charge is 0.164 e. The summed E-state index contributed by atoms with van der Waals surface area (Å²) in [5.74, 6) is 1.82. The van der Waals surface area contributed by atoms with E-state index in [0.29, 0.717) is 17.5 Å². The highest BCUT2D eigenvalue weighted by atomic mass is 16.3. The molecule has 5 heteroatoms. The average molecular weight is 741 g/mol. The van der Waals surface area contributed by atoms with Crippen LogP contribution in [0, 0.1) is 0 Å². The van der Waals surface area contributed by atoms with Crippen molar-refractivity contribution in [2.24, 2.45) is 0 Å². The lowest BCUT2D eigenvalue weighted by atomic mass is 10.0. The first-order valence-electron chi connectivity index (χ1n) is 19.5. The monoisotopic (exact) mass is 740 g/mol. The molecule has 0 saturated heterocycles. The van der Waals surface area contributed by atoms with Gasteiger partial charge in [-0.2, -0.15) is 0 Å². The van der Waals surface area contributed by atoms with E-state index in [4.69, 9.17) is 19.4 Å². The fourth-order valence-electron chi connectivity index (χ4n) is 8.65. The fraction of sp³-hybridized carbons (Fsp3) is 0. The molecule has 0 amide bonds. The third-order valence-corrected chi connectivity index (χ3v) is 11.4. The molecular weight excluding hydrogens is 709 g/mol. The first-order valence-corrected chi connectivity index (χ1v) is 19.5. The third kappa shape index (κ3) is 5.14. The number of fused-ring (bicyclic) bond motifs is 9. The number of hydrogen-bond acceptors (Lipinski definition) is 4. The van der Waals surface area contributed by atoms with Crippen molar-refractivity contribution in [3.8, 4) is 51.0 Å². The van der Waals surface area contributed by atoms with Crippen molar-refractivity contribution >= 4 is 65.3 Å². The predicted octanol–water partition coefficient (Wildman–Crippen LogP) is 13.8. The molecule has 0 radical (unpaired) electrons. The summed E-state index contributed by atoms with van der Waals surface area (Å²) in [6.07, 6.45) is 0. The molecule has 0 fully saturated rings. The maximum Gasteiger partial charge on any atom is 0.164 e. The van der Waals surface area contributed by atoms with Gasteiger partial charge in [0.2, 0.25) is 0 Å². The number of rotatable bonds is 5. The van der Waals surface area contributed by atoms with Gasteiger partial charge in [-0.25, -0.2) is 15.0 Å². The summed E-state index contributed by atoms with van der Waals surface area (Å²) in [5, 5.41) is 9.32. The van der Waals surface area contributed by atoms with E-state index in [0.717, 1.165) is 77.2 Å². The van der Waals surface area contributed by atoms with Gasteiger partial charge in [0.1, 0.15) is 11.2 Å². The Morgan fingerprint density at radius 2 is 0.862 bits per heavy atom. The Hall–Kier alpha value is -7.89. The van der Waals surface area contributed by atoms with Crippen LogP contribution < -0.4 is 0 Å². The SMILES string of the molecule is c1ccc(-c2ccc(-c3nc(-c4ccccc4)nc(-c4ccc5c(c4)oc4cc(-n6c7ccccc7c7cc8ccccc8cc76)c6ccccc6c45)n3)cc2)cc1. The van der Waals surface area contributed by atoms with Gasteiger partial charge in [0.05, 0.1) is 16.7 Å². The van der Waals surface area contributed by atoms with Crippen LogP contribution >= 0.6 is 0 Å². The largest absolute Gasteiger partial charge is 0.456 e. The molecule has 0 bridgehead atoms. The first kappa shape index (κ1) is 32.4. The van der Waals surface area contributed by atoms with Crippen LogP contribution in [0.1, 0.15) is 0 Å². The van der Waals surface area contributed by atoms with Gasteiger partial charge in [-0.1, -0.05) is 158 Å². The molecule has 12 rings (SSSR count). The summed E-state index contributed by atoms with van der Waals surface area (Å²) in [4.78, 5) is 15.1. The van der Waals surface area contributed by atoms with Crippen molar-refractivity contribution in [3.63, 3.8) is 0 Å². The molecule has 0 atom stereocenters. The minimum Gasteiger partial charge on any atom is -0.456 e. The zero-order valence-corrected chi connectivity index (χ0v) is 31.2. The summed E-state index contributed by atoms with van der Waals surface area (Å²) in [6, 6.07) is 68.0. The second kappa shape index (κ2) is 12.8. The van der Waals surface area contributed by atoms with Crippen LogP contribution in [-0.2, 0) is 0 Å². The zero-order chi connectivity index (χ0) is 38.2. The van der Waals surface area contributed by atoms with Crippen molar-refractivity contribution in [2.45, 2.75) is 0 Å². The lowest BCUT2D eigenvalue weighted by molar-refractivity contribution is 0.669. The average Bonchev–Trinajstić information content (AvgIpc) is 3.83. The van der Waals surface area contributed by atoms with Crippen LogP contribution in [-0.4, -0.2) is 19.5 Å². The number of benzene rings is 9. The number of para-hydroxylation sites is 1. The standard InChI is InChI=1S/C53H32N4O/c1-3-13-33(14-4-1)34-23-25-36(26-24-34)52-54-51(35-15-5-2-6-16-35)55-53(56-52)39-27-28-43-48(31-39)58-49-32-47(40-19-9-10-21-42(40)50(43)49)57-45-22-12-11-20-41(45)44-29-37-17-7-8-18-38(37)30-46(44)57/h1-32H. The van der Waals surface area contributed by atoms with Crippen LogP contribution in [0.3, 0.4) is 0 Å². The molecule has 0 unspecified atom stereocenters. The van der Waals surface area contributed by atoms with Gasteiger partial charge >= 0.3 is 0 Å². The molecule has 0 saturated carbocycles. The quantitative estimate of drug-likeness (QED) is 0.176. The molecule has 0 N–H and O–H groups in total. The Kier molecular flexibility index (Phi) is 7.16. The Balaban J connectivity index is 1.04. The van der Waals surface area contributed by atoms with E-state index in [1.54, 1.807) is 0 Å². The highest BCUT2D eigenvalue weighted by Gasteiger charge is 2.20. The Labute approximate surface area is 333 Å². The summed E-state index contributed by atoms with van der Waals surface area (Å²) >= 11 is 0. The predicted molar refractivity (Wildman–Crippen MR) is 238 cm³/mol. The minimum atomic E-state index is 0.585. The van der Waals surface area contributed by atoms with Crippen LogP contribution in [0.4, 0.5) is 0 Å². The molecule has 0 aliphatic rings. The van der Waals surface area contributed by atoms with Crippen molar-refractivity contribution in [3.05, 3.63) is 194 Å². The molecule has 9 aromatic carbocycles. The zero-order valence-electron chi connectivity index (χ0n) is 31.2. The lowest BCUT2D eigenvalue weighted by Crippen LogP contribution is -2.00. The van der Waals surface area contributed by atoms with E-state index in [9.17, 15) is 0 Å². The van der Waals surface area contributed by atoms with Gasteiger partial charge in [-0.15, -0.1) is 0 Å². The van der Waals surface area contributed by atoms with E-state index in [1.807, 2.05) is 36.4 Å². The Morgan fingerprint density at radius 3 is 1.60 bits per heavy atom. The van der Waals surface area contributed by atoms with Crippen molar-refractivity contribution < 1.29 is 4.42 Å². The highest BCUT2D eigenvalue weighted by Crippen LogP contribution is 2.42. The number of hydrogen-bond donors (Lipinski definition) is 0. The van der Waals surface area contributed by atoms with E-state index in [-0.39, 0.29) is 0 Å². The van der Waals surface area contributed by atoms with E-state index < -0.39 is 0 Å². The van der Waals surface area contributed by atoms with E-state index in [2.05, 4.69) is 162 Å². The molecule has 0 aliphatic heterocycles. The van der Waals surface area contributed by atoms with Gasteiger partial charge < -0.3 is 8.98 Å². The second-order valence-corrected chi connectivity index (χ2v) is 14.8.